The maximum atomic E-state index is 11.0. The Morgan fingerprint density at radius 1 is 1.37 bits per heavy atom. The first-order valence-corrected chi connectivity index (χ1v) is 5.95. The molecule has 0 atom stereocenters. The molecule has 2 aromatic rings. The normalized spacial score (nSPS) is 10.2. The highest BCUT2D eigenvalue weighted by molar-refractivity contribution is 6.32. The molecule has 0 saturated carbocycles. The Balaban J connectivity index is 2.72. The van der Waals surface area contributed by atoms with E-state index in [0.717, 1.165) is 11.4 Å². The molecule has 1 aromatic heterocycles. The lowest BCUT2D eigenvalue weighted by molar-refractivity contribution is 0.0697. The van der Waals surface area contributed by atoms with E-state index in [2.05, 4.69) is 6.07 Å². The average Bonchev–Trinajstić information content (AvgIpc) is 2.65. The van der Waals surface area contributed by atoms with E-state index in [1.807, 2.05) is 6.92 Å². The second-order valence-corrected chi connectivity index (χ2v) is 4.61. The lowest BCUT2D eigenvalue weighted by Crippen LogP contribution is -2.03. The van der Waals surface area contributed by atoms with Gasteiger partial charge in [-0.25, -0.2) is 4.79 Å². The first-order valence-electron chi connectivity index (χ1n) is 5.58. The van der Waals surface area contributed by atoms with Crippen LogP contribution in [0.2, 0.25) is 5.02 Å². The van der Waals surface area contributed by atoms with E-state index >= 15 is 0 Å². The smallest absolute Gasteiger partial charge is 0.335 e. The number of hydrogen-bond donors (Lipinski definition) is 1. The maximum Gasteiger partial charge on any atom is 0.335 e. The van der Waals surface area contributed by atoms with Gasteiger partial charge in [0.25, 0.3) is 0 Å². The molecule has 0 spiro atoms. The molecule has 0 unspecified atom stereocenters. The van der Waals surface area contributed by atoms with Crippen molar-refractivity contribution in [3.63, 3.8) is 0 Å². The van der Waals surface area contributed by atoms with Crippen LogP contribution in [0.25, 0.3) is 5.69 Å². The van der Waals surface area contributed by atoms with E-state index in [0.29, 0.717) is 16.3 Å². The molecular weight excluding hydrogens is 264 g/mol. The molecule has 0 radical (unpaired) electrons. The Kier molecular flexibility index (Phi) is 3.32. The monoisotopic (exact) mass is 274 g/mol. The number of aromatic nitrogens is 1. The summed E-state index contributed by atoms with van der Waals surface area (Å²) in [4.78, 5) is 11.0. The summed E-state index contributed by atoms with van der Waals surface area (Å²) in [6.07, 6.45) is 0. The van der Waals surface area contributed by atoms with Gasteiger partial charge in [-0.2, -0.15) is 5.26 Å². The number of nitrogens with zero attached hydrogens (tertiary/aromatic N) is 2. The van der Waals surface area contributed by atoms with Crippen molar-refractivity contribution in [1.82, 2.24) is 4.57 Å². The second kappa shape index (κ2) is 4.79. The Morgan fingerprint density at radius 2 is 2.05 bits per heavy atom. The van der Waals surface area contributed by atoms with E-state index in [1.165, 1.54) is 12.1 Å². The fourth-order valence-electron chi connectivity index (χ4n) is 2.06. The quantitative estimate of drug-likeness (QED) is 0.913. The number of rotatable bonds is 2. The number of carboxylic acid groups (broad SMARTS) is 1. The predicted octanol–water partition coefficient (Wildman–Crippen LogP) is 3.32. The van der Waals surface area contributed by atoms with Crippen molar-refractivity contribution in [2.24, 2.45) is 0 Å². The third-order valence-corrected chi connectivity index (χ3v) is 3.31. The van der Waals surface area contributed by atoms with Gasteiger partial charge in [0.2, 0.25) is 0 Å². The molecule has 4 nitrogen and oxygen atoms in total. The van der Waals surface area contributed by atoms with Gasteiger partial charge >= 0.3 is 5.97 Å². The third kappa shape index (κ3) is 2.20. The molecule has 96 valence electrons. The number of carboxylic acids is 1. The van der Waals surface area contributed by atoms with Gasteiger partial charge < -0.3 is 9.67 Å². The van der Waals surface area contributed by atoms with Crippen LogP contribution in [0.1, 0.15) is 27.3 Å². The van der Waals surface area contributed by atoms with Gasteiger partial charge in [0.15, 0.2) is 0 Å². The van der Waals surface area contributed by atoms with Gasteiger partial charge in [-0.15, -0.1) is 0 Å². The molecule has 0 fully saturated rings. The first kappa shape index (κ1) is 13.2. The highest BCUT2D eigenvalue weighted by Crippen LogP contribution is 2.27. The van der Waals surface area contributed by atoms with Crippen LogP contribution in [0.3, 0.4) is 0 Å². The van der Waals surface area contributed by atoms with E-state index in [1.54, 1.807) is 23.6 Å². The summed E-state index contributed by atoms with van der Waals surface area (Å²) in [6.45, 7) is 3.65. The summed E-state index contributed by atoms with van der Waals surface area (Å²) in [5, 5.41) is 18.5. The number of carbonyl (C=O) groups is 1. The molecule has 1 N–H and O–H groups in total. The lowest BCUT2D eigenvalue weighted by Gasteiger charge is -2.12. The summed E-state index contributed by atoms with van der Waals surface area (Å²) in [5.41, 5.74) is 2.85. The van der Waals surface area contributed by atoms with Gasteiger partial charge in [0.05, 0.1) is 21.8 Å². The molecule has 0 aliphatic carbocycles. The van der Waals surface area contributed by atoms with Gasteiger partial charge in [0, 0.05) is 11.4 Å². The summed E-state index contributed by atoms with van der Waals surface area (Å²) in [5.74, 6) is -1.01. The van der Waals surface area contributed by atoms with Crippen molar-refractivity contribution in [1.29, 1.82) is 5.26 Å². The number of nitriles is 1. The molecule has 0 aliphatic heterocycles. The zero-order chi connectivity index (χ0) is 14.2. The second-order valence-electron chi connectivity index (χ2n) is 4.20. The van der Waals surface area contributed by atoms with Crippen LogP contribution in [-0.2, 0) is 0 Å². The van der Waals surface area contributed by atoms with Crippen LogP contribution in [0.15, 0.2) is 24.3 Å². The fraction of sp³-hybridized carbons (Fsp3) is 0.143. The van der Waals surface area contributed by atoms with Crippen LogP contribution in [0, 0.1) is 25.2 Å². The molecule has 1 heterocycles. The summed E-state index contributed by atoms with van der Waals surface area (Å²) in [6, 6.07) is 8.36. The van der Waals surface area contributed by atoms with Crippen LogP contribution in [0.5, 0.6) is 0 Å². The maximum absolute atomic E-state index is 11.0. The highest BCUT2D eigenvalue weighted by atomic mass is 35.5. The van der Waals surface area contributed by atoms with Gasteiger partial charge in [-0.1, -0.05) is 11.6 Å². The Labute approximate surface area is 115 Å². The molecular formula is C14H11ClN2O2. The number of aryl methyl sites for hydroxylation is 1. The van der Waals surface area contributed by atoms with Crippen LogP contribution < -0.4 is 0 Å². The third-order valence-electron chi connectivity index (χ3n) is 2.99. The Bertz CT molecular complexity index is 711. The van der Waals surface area contributed by atoms with Crippen LogP contribution in [-0.4, -0.2) is 15.6 Å². The first-order chi connectivity index (χ1) is 8.95. The highest BCUT2D eigenvalue weighted by Gasteiger charge is 2.14. The molecule has 2 rings (SSSR count). The summed E-state index contributed by atoms with van der Waals surface area (Å²) in [7, 11) is 0. The van der Waals surface area contributed by atoms with Crippen molar-refractivity contribution in [3.8, 4) is 11.8 Å². The van der Waals surface area contributed by atoms with E-state index < -0.39 is 5.97 Å². The molecule has 0 bridgehead atoms. The van der Waals surface area contributed by atoms with Crippen LogP contribution >= 0.6 is 11.6 Å². The van der Waals surface area contributed by atoms with Crippen LogP contribution in [0.4, 0.5) is 0 Å². The topological polar surface area (TPSA) is 66.0 Å². The van der Waals surface area contributed by atoms with E-state index in [-0.39, 0.29) is 5.56 Å². The van der Waals surface area contributed by atoms with Gasteiger partial charge in [-0.05, 0) is 38.1 Å². The average molecular weight is 275 g/mol. The van der Waals surface area contributed by atoms with Crippen molar-refractivity contribution in [2.45, 2.75) is 13.8 Å². The lowest BCUT2D eigenvalue weighted by atomic mass is 10.2. The van der Waals surface area contributed by atoms with Gasteiger partial charge in [0.1, 0.15) is 6.07 Å². The molecule has 5 heteroatoms. The molecule has 0 aliphatic rings. The van der Waals surface area contributed by atoms with E-state index in [4.69, 9.17) is 22.0 Å². The van der Waals surface area contributed by atoms with Gasteiger partial charge in [-0.3, -0.25) is 0 Å². The summed E-state index contributed by atoms with van der Waals surface area (Å²) >= 11 is 6.14. The van der Waals surface area contributed by atoms with Crippen molar-refractivity contribution < 1.29 is 9.90 Å². The zero-order valence-corrected chi connectivity index (χ0v) is 11.2. The Hall–Kier alpha value is -2.25. The molecule has 0 amide bonds. The van der Waals surface area contributed by atoms with Crippen molar-refractivity contribution >= 4 is 17.6 Å². The molecule has 0 saturated heterocycles. The standard InChI is InChI=1S/C14H11ClN2O2/c1-8-5-11(7-16)9(2)17(8)13-6-10(14(18)19)3-4-12(13)15/h3-6H,1-2H3,(H,18,19). The van der Waals surface area contributed by atoms with Crippen molar-refractivity contribution in [3.05, 3.63) is 51.8 Å². The zero-order valence-electron chi connectivity index (χ0n) is 10.4. The molecule has 1 aromatic carbocycles. The minimum atomic E-state index is -1.01. The minimum absolute atomic E-state index is 0.158. The van der Waals surface area contributed by atoms with Crippen molar-refractivity contribution in [2.75, 3.05) is 0 Å². The SMILES string of the molecule is Cc1cc(C#N)c(C)n1-c1cc(C(=O)O)ccc1Cl. The number of hydrogen-bond acceptors (Lipinski definition) is 2. The number of aromatic carboxylic acids is 1. The fourth-order valence-corrected chi connectivity index (χ4v) is 2.27. The number of benzene rings is 1. The summed E-state index contributed by atoms with van der Waals surface area (Å²) < 4.78 is 1.79. The predicted molar refractivity (Wildman–Crippen MR) is 71.9 cm³/mol. The Morgan fingerprint density at radius 3 is 2.58 bits per heavy atom. The minimum Gasteiger partial charge on any atom is -0.478 e. The largest absolute Gasteiger partial charge is 0.478 e. The number of halogens is 1. The molecule has 19 heavy (non-hydrogen) atoms. The van der Waals surface area contributed by atoms with E-state index in [9.17, 15) is 4.79 Å².